The Morgan fingerprint density at radius 1 is 0.974 bits per heavy atom. The van der Waals surface area contributed by atoms with Gasteiger partial charge in [0.1, 0.15) is 0 Å². The number of ether oxygens (including phenoxy) is 4. The minimum absolute atomic E-state index is 0.0932. The summed E-state index contributed by atoms with van der Waals surface area (Å²) in [6.45, 7) is 4.50. The second-order valence-electron chi connectivity index (χ2n) is 9.21. The van der Waals surface area contributed by atoms with Crippen molar-refractivity contribution in [2.45, 2.75) is 43.6 Å². The summed E-state index contributed by atoms with van der Waals surface area (Å²) in [5.74, 6) is 2.21. The lowest BCUT2D eigenvalue weighted by molar-refractivity contribution is -0.115. The molecule has 200 valence electrons. The highest BCUT2D eigenvalue weighted by molar-refractivity contribution is 8.00. The molecule has 0 radical (unpaired) electrons. The molecular weight excluding hydrogens is 518 g/mol. The molecule has 2 aliphatic heterocycles. The first-order valence-electron chi connectivity index (χ1n) is 12.8. The van der Waals surface area contributed by atoms with Gasteiger partial charge in [0, 0.05) is 11.8 Å². The van der Waals surface area contributed by atoms with Crippen molar-refractivity contribution in [1.82, 2.24) is 9.55 Å². The lowest BCUT2D eigenvalue weighted by Crippen LogP contribution is -2.28. The number of aryl methyl sites for hydroxylation is 1. The van der Waals surface area contributed by atoms with Gasteiger partial charge >= 0.3 is 0 Å². The van der Waals surface area contributed by atoms with E-state index in [1.54, 1.807) is 16.7 Å². The van der Waals surface area contributed by atoms with E-state index in [9.17, 15) is 9.59 Å². The van der Waals surface area contributed by atoms with Crippen molar-refractivity contribution in [2.24, 2.45) is 0 Å². The molecule has 4 aromatic rings. The third-order valence-corrected chi connectivity index (χ3v) is 8.11. The van der Waals surface area contributed by atoms with E-state index in [4.69, 9.17) is 23.9 Å². The van der Waals surface area contributed by atoms with Gasteiger partial charge in [-0.3, -0.25) is 14.2 Å². The first-order valence-corrected chi connectivity index (χ1v) is 13.7. The van der Waals surface area contributed by atoms with E-state index >= 15 is 0 Å². The summed E-state index contributed by atoms with van der Waals surface area (Å²) in [4.78, 5) is 32.1. The van der Waals surface area contributed by atoms with Crippen molar-refractivity contribution < 1.29 is 23.7 Å². The van der Waals surface area contributed by atoms with Crippen LogP contribution in [0.25, 0.3) is 10.9 Å². The molecule has 0 bridgehead atoms. The van der Waals surface area contributed by atoms with Crippen LogP contribution in [-0.2, 0) is 17.8 Å². The number of anilines is 1. The first-order chi connectivity index (χ1) is 19.0. The summed E-state index contributed by atoms with van der Waals surface area (Å²) in [6.07, 6.45) is 1.35. The Bertz CT molecular complexity index is 1640. The molecule has 0 saturated heterocycles. The Hall–Kier alpha value is -4.18. The van der Waals surface area contributed by atoms with Gasteiger partial charge in [-0.25, -0.2) is 4.98 Å². The zero-order valence-corrected chi connectivity index (χ0v) is 22.4. The van der Waals surface area contributed by atoms with Gasteiger partial charge in [0.2, 0.25) is 19.5 Å². The van der Waals surface area contributed by atoms with Crippen molar-refractivity contribution in [3.63, 3.8) is 0 Å². The highest BCUT2D eigenvalue weighted by atomic mass is 32.2. The van der Waals surface area contributed by atoms with Gasteiger partial charge in [-0.1, -0.05) is 49.9 Å². The van der Waals surface area contributed by atoms with E-state index in [0.29, 0.717) is 45.5 Å². The number of carbonyl (C=O) groups is 1. The quantitative estimate of drug-likeness (QED) is 0.245. The van der Waals surface area contributed by atoms with Crippen LogP contribution in [-0.4, -0.2) is 34.3 Å². The number of hydrogen-bond donors (Lipinski definition) is 1. The lowest BCUT2D eigenvalue weighted by atomic mass is 10.1. The maximum atomic E-state index is 13.9. The van der Waals surface area contributed by atoms with Gasteiger partial charge in [-0.05, 0) is 48.2 Å². The Balaban J connectivity index is 1.38. The van der Waals surface area contributed by atoms with E-state index in [1.807, 2.05) is 49.4 Å². The molecule has 0 aliphatic carbocycles. The van der Waals surface area contributed by atoms with Crippen LogP contribution in [0.1, 0.15) is 31.4 Å². The molecule has 6 rings (SSSR count). The van der Waals surface area contributed by atoms with Gasteiger partial charge in [0.15, 0.2) is 28.2 Å². The fourth-order valence-corrected chi connectivity index (χ4v) is 5.67. The van der Waals surface area contributed by atoms with E-state index in [2.05, 4.69) is 12.2 Å². The molecule has 1 atom stereocenters. The number of benzene rings is 3. The Morgan fingerprint density at radius 3 is 2.46 bits per heavy atom. The molecule has 1 N–H and O–H groups in total. The predicted octanol–water partition coefficient (Wildman–Crippen LogP) is 4.97. The van der Waals surface area contributed by atoms with Crippen molar-refractivity contribution in [3.05, 3.63) is 76.1 Å². The van der Waals surface area contributed by atoms with E-state index in [1.165, 1.54) is 11.8 Å². The van der Waals surface area contributed by atoms with Gasteiger partial charge in [-0.15, -0.1) is 0 Å². The number of hydrogen-bond acceptors (Lipinski definition) is 8. The minimum atomic E-state index is -0.476. The number of aromatic nitrogens is 2. The molecule has 2 aliphatic rings. The summed E-state index contributed by atoms with van der Waals surface area (Å²) in [7, 11) is 0. The van der Waals surface area contributed by atoms with Crippen LogP contribution in [0.2, 0.25) is 0 Å². The average Bonchev–Trinajstić information content (AvgIpc) is 3.61. The largest absolute Gasteiger partial charge is 0.454 e. The molecule has 39 heavy (non-hydrogen) atoms. The summed E-state index contributed by atoms with van der Waals surface area (Å²) in [5.41, 5.74) is 2.95. The molecule has 9 nitrogen and oxygen atoms in total. The van der Waals surface area contributed by atoms with E-state index in [-0.39, 0.29) is 31.6 Å². The molecule has 3 heterocycles. The van der Waals surface area contributed by atoms with Gasteiger partial charge in [-0.2, -0.15) is 0 Å². The smallest absolute Gasteiger partial charge is 0.262 e. The van der Waals surface area contributed by atoms with E-state index in [0.717, 1.165) is 23.2 Å². The van der Waals surface area contributed by atoms with Crippen LogP contribution in [0.5, 0.6) is 23.0 Å². The Morgan fingerprint density at radius 2 is 1.69 bits per heavy atom. The van der Waals surface area contributed by atoms with Crippen LogP contribution >= 0.6 is 11.8 Å². The number of nitrogens with zero attached hydrogens (tertiary/aromatic N) is 2. The van der Waals surface area contributed by atoms with Crippen LogP contribution in [0, 0.1) is 0 Å². The van der Waals surface area contributed by atoms with Crippen molar-refractivity contribution in [3.8, 4) is 23.0 Å². The van der Waals surface area contributed by atoms with Crippen molar-refractivity contribution in [1.29, 1.82) is 0 Å². The molecule has 10 heteroatoms. The maximum absolute atomic E-state index is 13.9. The summed E-state index contributed by atoms with van der Waals surface area (Å²) in [6, 6.07) is 16.7. The minimum Gasteiger partial charge on any atom is -0.454 e. The molecule has 3 aromatic carbocycles. The zero-order chi connectivity index (χ0) is 26.9. The monoisotopic (exact) mass is 545 g/mol. The van der Waals surface area contributed by atoms with Gasteiger partial charge < -0.3 is 24.3 Å². The highest BCUT2D eigenvalue weighted by Crippen LogP contribution is 2.36. The Labute approximate surface area is 229 Å². The van der Waals surface area contributed by atoms with Gasteiger partial charge in [0.05, 0.1) is 22.7 Å². The zero-order valence-electron chi connectivity index (χ0n) is 21.6. The highest BCUT2D eigenvalue weighted by Gasteiger charge is 2.25. The lowest BCUT2D eigenvalue weighted by Gasteiger charge is -2.19. The summed E-state index contributed by atoms with van der Waals surface area (Å²) >= 11 is 1.27. The standard InChI is InChI=1S/C29H27N3O6S/c1-3-18-7-5-6-8-20(18)30-27(33)26(4-2)39-29-31-21-13-25-24(37-16-38-25)12-19(21)28(34)32(29)14-17-9-10-22-23(11-17)36-15-35-22/h5-13,26H,3-4,14-16H2,1-2H3,(H,30,33). The second kappa shape index (κ2) is 10.5. The number of rotatable bonds is 8. The normalized spacial score (nSPS) is 14.0. The van der Waals surface area contributed by atoms with Crippen LogP contribution in [0.15, 0.2) is 64.5 Å². The number of carbonyl (C=O) groups excluding carboxylic acids is 1. The molecule has 1 aromatic heterocycles. The van der Waals surface area contributed by atoms with Crippen LogP contribution in [0.3, 0.4) is 0 Å². The van der Waals surface area contributed by atoms with Crippen LogP contribution in [0.4, 0.5) is 5.69 Å². The molecule has 0 saturated carbocycles. The fourth-order valence-electron chi connectivity index (χ4n) is 4.66. The molecule has 1 unspecified atom stereocenters. The predicted molar refractivity (Wildman–Crippen MR) is 148 cm³/mol. The summed E-state index contributed by atoms with van der Waals surface area (Å²) < 4.78 is 23.6. The fraction of sp³-hybridized carbons (Fsp3) is 0.276. The van der Waals surface area contributed by atoms with Crippen molar-refractivity contribution >= 4 is 34.3 Å². The second-order valence-corrected chi connectivity index (χ2v) is 10.4. The number of thioether (sulfide) groups is 1. The van der Waals surface area contributed by atoms with Gasteiger partial charge in [0.25, 0.3) is 5.56 Å². The molecular formula is C29H27N3O6S. The first kappa shape index (κ1) is 25.1. The Kier molecular flexibility index (Phi) is 6.78. The third kappa shape index (κ3) is 4.87. The summed E-state index contributed by atoms with van der Waals surface area (Å²) in [5, 5.41) is 3.45. The number of nitrogens with one attached hydrogen (secondary N) is 1. The maximum Gasteiger partial charge on any atom is 0.262 e. The van der Waals surface area contributed by atoms with Crippen LogP contribution < -0.4 is 29.8 Å². The molecule has 0 spiro atoms. The molecule has 1 amide bonds. The SMILES string of the molecule is CCc1ccccc1NC(=O)C(CC)Sc1nc2cc3c(cc2c(=O)n1Cc1ccc2c(c1)OCO2)OCO3. The van der Waals surface area contributed by atoms with Crippen molar-refractivity contribution in [2.75, 3.05) is 18.9 Å². The average molecular weight is 546 g/mol. The van der Waals surface area contributed by atoms with E-state index < -0.39 is 5.25 Å². The number of para-hydroxylation sites is 1. The topological polar surface area (TPSA) is 101 Å². The molecule has 0 fully saturated rings. The number of fused-ring (bicyclic) bond motifs is 3. The third-order valence-electron chi connectivity index (χ3n) is 6.76. The number of amides is 1.